The van der Waals surface area contributed by atoms with E-state index in [-0.39, 0.29) is 11.9 Å². The summed E-state index contributed by atoms with van der Waals surface area (Å²) >= 11 is 0. The van der Waals surface area contributed by atoms with Crippen molar-refractivity contribution in [2.75, 3.05) is 0 Å². The minimum absolute atomic E-state index is 0.109. The number of hydrogen-bond acceptors (Lipinski definition) is 5. The molecule has 1 atom stereocenters. The molecule has 2 aliphatic carbocycles. The summed E-state index contributed by atoms with van der Waals surface area (Å²) in [6.45, 7) is 0. The summed E-state index contributed by atoms with van der Waals surface area (Å²) in [6, 6.07) is 15.5. The molecule has 148 valence electrons. The van der Waals surface area contributed by atoms with Crippen molar-refractivity contribution in [1.29, 1.82) is 0 Å². The van der Waals surface area contributed by atoms with Crippen LogP contribution in [0.1, 0.15) is 65.5 Å². The largest absolute Gasteiger partial charge is 0.339 e. The predicted molar refractivity (Wildman–Crippen MR) is 109 cm³/mol. The number of aromatic nitrogens is 2. The van der Waals surface area contributed by atoms with Crippen LogP contribution in [0.5, 0.6) is 0 Å². The van der Waals surface area contributed by atoms with Gasteiger partial charge in [0.05, 0.1) is 0 Å². The molecular formula is C23H24N4O2. The number of aryl methyl sites for hydroxylation is 1. The summed E-state index contributed by atoms with van der Waals surface area (Å²) in [6.07, 6.45) is 5.79. The van der Waals surface area contributed by atoms with Crippen molar-refractivity contribution in [2.45, 2.75) is 50.1 Å². The first-order valence-electron chi connectivity index (χ1n) is 10.3. The van der Waals surface area contributed by atoms with Crippen LogP contribution >= 0.6 is 0 Å². The zero-order valence-electron chi connectivity index (χ0n) is 16.2. The van der Waals surface area contributed by atoms with Gasteiger partial charge in [0.15, 0.2) is 5.82 Å². The maximum Gasteiger partial charge on any atom is 0.258 e. The lowest BCUT2D eigenvalue weighted by molar-refractivity contribution is 0.0805. The average Bonchev–Trinajstić information content (AvgIpc) is 3.21. The topological polar surface area (TPSA) is 94.0 Å². The van der Waals surface area contributed by atoms with E-state index in [4.69, 9.17) is 10.3 Å². The van der Waals surface area contributed by atoms with Gasteiger partial charge in [0, 0.05) is 17.2 Å². The monoisotopic (exact) mass is 388 g/mol. The molecule has 6 heteroatoms. The number of nitrogens with two attached hydrogens (primary N) is 1. The molecular weight excluding hydrogens is 364 g/mol. The zero-order chi connectivity index (χ0) is 19.8. The molecule has 1 saturated carbocycles. The van der Waals surface area contributed by atoms with Gasteiger partial charge in [-0.3, -0.25) is 4.79 Å². The van der Waals surface area contributed by atoms with Gasteiger partial charge in [0.1, 0.15) is 5.54 Å². The van der Waals surface area contributed by atoms with Crippen LogP contribution in [0.4, 0.5) is 0 Å². The van der Waals surface area contributed by atoms with Gasteiger partial charge in [-0.05, 0) is 73.9 Å². The molecule has 1 unspecified atom stereocenters. The molecule has 0 spiro atoms. The molecule has 2 aliphatic rings. The number of hydrogen-bond donors (Lipinski definition) is 2. The molecule has 0 radical (unpaired) electrons. The maximum absolute atomic E-state index is 12.7. The third-order valence-corrected chi connectivity index (χ3v) is 6.20. The highest BCUT2D eigenvalue weighted by molar-refractivity contribution is 5.94. The Labute approximate surface area is 169 Å². The fourth-order valence-electron chi connectivity index (χ4n) is 4.33. The van der Waals surface area contributed by atoms with Gasteiger partial charge in [0.25, 0.3) is 11.8 Å². The SMILES string of the molecule is NC1CCCc2cc(-c3nc(C4(NC(=O)c5ccccc5)CCC4)no3)ccc21. The summed E-state index contributed by atoms with van der Waals surface area (Å²) in [5.41, 5.74) is 9.68. The van der Waals surface area contributed by atoms with E-state index in [0.29, 0.717) is 17.3 Å². The lowest BCUT2D eigenvalue weighted by Crippen LogP contribution is -2.51. The normalized spacial score (nSPS) is 19.8. The maximum atomic E-state index is 12.7. The van der Waals surface area contributed by atoms with Crippen LogP contribution in [0.2, 0.25) is 0 Å². The summed E-state index contributed by atoms with van der Waals surface area (Å²) in [5, 5.41) is 7.38. The van der Waals surface area contributed by atoms with Crippen LogP contribution in [0.3, 0.4) is 0 Å². The van der Waals surface area contributed by atoms with Crippen molar-refractivity contribution in [3.8, 4) is 11.5 Å². The van der Waals surface area contributed by atoms with E-state index in [2.05, 4.69) is 27.6 Å². The number of carbonyl (C=O) groups excluding carboxylic acids is 1. The third kappa shape index (κ3) is 3.23. The van der Waals surface area contributed by atoms with Crippen molar-refractivity contribution in [2.24, 2.45) is 5.73 Å². The number of nitrogens with zero attached hydrogens (tertiary/aromatic N) is 2. The summed E-state index contributed by atoms with van der Waals surface area (Å²) in [7, 11) is 0. The summed E-state index contributed by atoms with van der Waals surface area (Å²) in [4.78, 5) is 17.4. The quantitative estimate of drug-likeness (QED) is 0.707. The fourth-order valence-corrected chi connectivity index (χ4v) is 4.33. The Morgan fingerprint density at radius 1 is 1.14 bits per heavy atom. The van der Waals surface area contributed by atoms with Crippen molar-refractivity contribution >= 4 is 5.91 Å². The smallest absolute Gasteiger partial charge is 0.258 e. The second kappa shape index (κ2) is 7.12. The Bertz CT molecular complexity index is 1040. The molecule has 1 amide bonds. The molecule has 29 heavy (non-hydrogen) atoms. The summed E-state index contributed by atoms with van der Waals surface area (Å²) < 4.78 is 5.59. The first-order chi connectivity index (χ1) is 14.1. The van der Waals surface area contributed by atoms with Crippen LogP contribution in [0.15, 0.2) is 53.1 Å². The molecule has 1 aromatic heterocycles. The molecule has 0 bridgehead atoms. The van der Waals surface area contributed by atoms with Crippen molar-refractivity contribution in [3.05, 3.63) is 71.0 Å². The highest BCUT2D eigenvalue weighted by Crippen LogP contribution is 2.41. The number of fused-ring (bicyclic) bond motifs is 1. The minimum Gasteiger partial charge on any atom is -0.339 e. The molecule has 1 heterocycles. The number of nitrogens with one attached hydrogen (secondary N) is 1. The van der Waals surface area contributed by atoms with Gasteiger partial charge in [-0.1, -0.05) is 29.4 Å². The molecule has 3 N–H and O–H groups in total. The van der Waals surface area contributed by atoms with Crippen LogP contribution < -0.4 is 11.1 Å². The van der Waals surface area contributed by atoms with Gasteiger partial charge >= 0.3 is 0 Å². The molecule has 0 aliphatic heterocycles. The first kappa shape index (κ1) is 18.1. The Morgan fingerprint density at radius 3 is 2.72 bits per heavy atom. The van der Waals surface area contributed by atoms with E-state index in [1.54, 1.807) is 12.1 Å². The Hall–Kier alpha value is -2.99. The number of benzene rings is 2. The molecule has 2 aromatic carbocycles. The van der Waals surface area contributed by atoms with Gasteiger partial charge in [0.2, 0.25) is 0 Å². The highest BCUT2D eigenvalue weighted by atomic mass is 16.5. The summed E-state index contributed by atoms with van der Waals surface area (Å²) in [5.74, 6) is 0.930. The third-order valence-electron chi connectivity index (χ3n) is 6.20. The van der Waals surface area contributed by atoms with Crippen LogP contribution in [-0.4, -0.2) is 16.0 Å². The molecule has 6 nitrogen and oxygen atoms in total. The highest BCUT2D eigenvalue weighted by Gasteiger charge is 2.44. The van der Waals surface area contributed by atoms with E-state index in [9.17, 15) is 4.79 Å². The van der Waals surface area contributed by atoms with Gasteiger partial charge in [-0.2, -0.15) is 4.98 Å². The van der Waals surface area contributed by atoms with Crippen molar-refractivity contribution < 1.29 is 9.32 Å². The second-order valence-electron chi connectivity index (χ2n) is 8.09. The van der Waals surface area contributed by atoms with E-state index in [0.717, 1.165) is 44.1 Å². The first-order valence-corrected chi connectivity index (χ1v) is 10.3. The number of amides is 1. The van der Waals surface area contributed by atoms with E-state index >= 15 is 0 Å². The standard InChI is InChI=1S/C23H24N4O2/c24-19-9-4-8-16-14-17(10-11-18(16)19)21-25-22(27-29-21)23(12-5-13-23)26-20(28)15-6-2-1-3-7-15/h1-3,6-7,10-11,14,19H,4-5,8-9,12-13,24H2,(H,26,28). The average molecular weight is 388 g/mol. The number of carbonyl (C=O) groups is 1. The predicted octanol–water partition coefficient (Wildman–Crippen LogP) is 3.88. The van der Waals surface area contributed by atoms with Crippen LogP contribution in [0.25, 0.3) is 11.5 Å². The van der Waals surface area contributed by atoms with Gasteiger partial charge in [-0.25, -0.2) is 0 Å². The molecule has 3 aromatic rings. The Kier molecular flexibility index (Phi) is 4.43. The molecule has 1 fully saturated rings. The minimum atomic E-state index is -0.550. The van der Waals surface area contributed by atoms with Gasteiger partial charge < -0.3 is 15.6 Å². The van der Waals surface area contributed by atoms with E-state index < -0.39 is 5.54 Å². The fraction of sp³-hybridized carbons (Fsp3) is 0.348. The van der Waals surface area contributed by atoms with Crippen molar-refractivity contribution in [1.82, 2.24) is 15.5 Å². The van der Waals surface area contributed by atoms with E-state index in [1.807, 2.05) is 24.3 Å². The number of rotatable bonds is 4. The Morgan fingerprint density at radius 2 is 1.97 bits per heavy atom. The van der Waals surface area contributed by atoms with Crippen molar-refractivity contribution in [3.63, 3.8) is 0 Å². The lowest BCUT2D eigenvalue weighted by Gasteiger charge is -2.39. The van der Waals surface area contributed by atoms with Crippen LogP contribution in [0, 0.1) is 0 Å². The van der Waals surface area contributed by atoms with Crippen LogP contribution in [-0.2, 0) is 12.0 Å². The zero-order valence-corrected chi connectivity index (χ0v) is 16.2. The Balaban J connectivity index is 1.41. The van der Waals surface area contributed by atoms with E-state index in [1.165, 1.54) is 11.1 Å². The molecule has 0 saturated heterocycles. The lowest BCUT2D eigenvalue weighted by atomic mass is 9.76. The second-order valence-corrected chi connectivity index (χ2v) is 8.09. The molecule has 5 rings (SSSR count). The van der Waals surface area contributed by atoms with Gasteiger partial charge in [-0.15, -0.1) is 0 Å².